The summed E-state index contributed by atoms with van der Waals surface area (Å²) in [6.07, 6.45) is -0.269. The highest BCUT2D eigenvalue weighted by Crippen LogP contribution is 2.30. The van der Waals surface area contributed by atoms with Crippen LogP contribution >= 0.6 is 11.8 Å². The lowest BCUT2D eigenvalue weighted by atomic mass is 10.2. The number of esters is 1. The number of ether oxygens (including phenoxy) is 1. The third-order valence-corrected chi connectivity index (χ3v) is 4.90. The Hall–Kier alpha value is -2.41. The minimum Gasteiger partial charge on any atom is -0.449 e. The van der Waals surface area contributed by atoms with Crippen LogP contribution in [0, 0.1) is 0 Å². The van der Waals surface area contributed by atoms with Crippen LogP contribution in [0.1, 0.15) is 22.8 Å². The Morgan fingerprint density at radius 2 is 1.81 bits per heavy atom. The minimum absolute atomic E-state index is 0.0271. The molecule has 26 heavy (non-hydrogen) atoms. The van der Waals surface area contributed by atoms with E-state index >= 15 is 0 Å². The number of hydrogen-bond donors (Lipinski definition) is 0. The molecule has 136 valence electrons. The summed E-state index contributed by atoms with van der Waals surface area (Å²) in [5.41, 5.74) is 1.91. The topological polar surface area (TPSA) is 46.6 Å². The Kier molecular flexibility index (Phi) is 5.56. The zero-order valence-electron chi connectivity index (χ0n) is 14.0. The van der Waals surface area contributed by atoms with E-state index in [1.54, 1.807) is 17.0 Å². The summed E-state index contributed by atoms with van der Waals surface area (Å²) in [5.74, 6) is -3.77. The fourth-order valence-electron chi connectivity index (χ4n) is 2.90. The van der Waals surface area contributed by atoms with Crippen molar-refractivity contribution >= 4 is 29.3 Å². The van der Waals surface area contributed by atoms with Gasteiger partial charge in [0, 0.05) is 17.1 Å². The lowest BCUT2D eigenvalue weighted by molar-refractivity contribution is -0.126. The maximum Gasteiger partial charge on any atom is 0.340 e. The molecule has 1 amide bonds. The molecule has 0 fully saturated rings. The van der Waals surface area contributed by atoms with E-state index < -0.39 is 17.8 Å². The Labute approximate surface area is 154 Å². The molecule has 1 aliphatic rings. The van der Waals surface area contributed by atoms with Crippen molar-refractivity contribution in [3.05, 3.63) is 59.7 Å². The Morgan fingerprint density at radius 1 is 1.12 bits per heavy atom. The van der Waals surface area contributed by atoms with E-state index in [9.17, 15) is 18.4 Å². The number of hydrogen-bond acceptors (Lipinski definition) is 4. The first-order chi connectivity index (χ1) is 12.5. The second-order valence-corrected chi connectivity index (χ2v) is 6.82. The highest BCUT2D eigenvalue weighted by molar-refractivity contribution is 7.99. The van der Waals surface area contributed by atoms with Gasteiger partial charge >= 0.3 is 5.97 Å². The molecule has 0 aliphatic carbocycles. The molecule has 1 atom stereocenters. The smallest absolute Gasteiger partial charge is 0.340 e. The average molecular weight is 377 g/mol. The number of benzene rings is 2. The van der Waals surface area contributed by atoms with Gasteiger partial charge in [0.1, 0.15) is 0 Å². The predicted molar refractivity (Wildman–Crippen MR) is 95.7 cm³/mol. The number of thioether (sulfide) groups is 1. The minimum atomic E-state index is -2.65. The van der Waals surface area contributed by atoms with E-state index in [0.717, 1.165) is 17.7 Å². The second kappa shape index (κ2) is 7.86. The molecule has 0 bridgehead atoms. The summed E-state index contributed by atoms with van der Waals surface area (Å²) in [4.78, 5) is 26.7. The summed E-state index contributed by atoms with van der Waals surface area (Å²) in [6.45, 7) is 2.02. The number of para-hydroxylation sites is 1. The van der Waals surface area contributed by atoms with Crippen molar-refractivity contribution in [3.8, 4) is 0 Å². The van der Waals surface area contributed by atoms with Crippen molar-refractivity contribution < 1.29 is 23.1 Å². The van der Waals surface area contributed by atoms with E-state index in [2.05, 4.69) is 0 Å². The van der Waals surface area contributed by atoms with E-state index in [4.69, 9.17) is 4.74 Å². The van der Waals surface area contributed by atoms with Gasteiger partial charge in [-0.3, -0.25) is 4.79 Å². The lowest BCUT2D eigenvalue weighted by Gasteiger charge is -2.22. The van der Waals surface area contributed by atoms with Gasteiger partial charge < -0.3 is 9.64 Å². The van der Waals surface area contributed by atoms with E-state index in [0.29, 0.717) is 6.54 Å². The molecule has 0 aromatic heterocycles. The fraction of sp³-hybridized carbons (Fsp3) is 0.263. The summed E-state index contributed by atoms with van der Waals surface area (Å²) in [5, 5.41) is 0. The molecular formula is C19H17F2NO3S. The zero-order chi connectivity index (χ0) is 18.7. The van der Waals surface area contributed by atoms with Crippen LogP contribution in [0.4, 0.5) is 14.5 Å². The third kappa shape index (κ3) is 3.88. The van der Waals surface area contributed by atoms with Crippen LogP contribution < -0.4 is 4.90 Å². The van der Waals surface area contributed by atoms with Crippen molar-refractivity contribution in [2.45, 2.75) is 30.1 Å². The third-order valence-electron chi connectivity index (χ3n) is 4.11. The number of fused-ring (bicyclic) bond motifs is 1. The molecule has 0 saturated heterocycles. The van der Waals surface area contributed by atoms with Gasteiger partial charge in [0.15, 0.2) is 6.10 Å². The lowest BCUT2D eigenvalue weighted by Crippen LogP contribution is -2.39. The van der Waals surface area contributed by atoms with Crippen LogP contribution in [0.3, 0.4) is 0 Å². The molecule has 0 N–H and O–H groups in total. The first-order valence-electron chi connectivity index (χ1n) is 8.11. The first-order valence-corrected chi connectivity index (χ1v) is 8.99. The van der Waals surface area contributed by atoms with Crippen LogP contribution in [0.5, 0.6) is 0 Å². The van der Waals surface area contributed by atoms with Gasteiger partial charge in [-0.1, -0.05) is 42.1 Å². The Balaban J connectivity index is 1.71. The number of carbonyl (C=O) groups is 2. The molecule has 0 radical (unpaired) electrons. The molecule has 0 spiro atoms. The van der Waals surface area contributed by atoms with Gasteiger partial charge in [-0.15, -0.1) is 0 Å². The quantitative estimate of drug-likeness (QED) is 0.581. The van der Waals surface area contributed by atoms with Crippen molar-refractivity contribution in [2.24, 2.45) is 0 Å². The largest absolute Gasteiger partial charge is 0.449 e. The molecule has 0 unspecified atom stereocenters. The molecule has 1 aliphatic heterocycles. The predicted octanol–water partition coefficient (Wildman–Crippen LogP) is 4.14. The SMILES string of the molecule is C[C@H](OC(=O)c1ccccc1SC(F)F)C(=O)N1CCc2ccccc21. The van der Waals surface area contributed by atoms with Gasteiger partial charge in [0.05, 0.1) is 5.56 Å². The molecule has 0 saturated carbocycles. The molecule has 7 heteroatoms. The number of anilines is 1. The maximum absolute atomic E-state index is 12.7. The van der Waals surface area contributed by atoms with Crippen molar-refractivity contribution in [1.82, 2.24) is 0 Å². The Morgan fingerprint density at radius 3 is 2.58 bits per heavy atom. The van der Waals surface area contributed by atoms with Crippen molar-refractivity contribution in [2.75, 3.05) is 11.4 Å². The van der Waals surface area contributed by atoms with Crippen LogP contribution in [0.25, 0.3) is 0 Å². The van der Waals surface area contributed by atoms with Gasteiger partial charge in [0.25, 0.3) is 11.7 Å². The van der Waals surface area contributed by atoms with Crippen LogP contribution in [0.2, 0.25) is 0 Å². The maximum atomic E-state index is 12.7. The van der Waals surface area contributed by atoms with E-state index in [1.165, 1.54) is 19.1 Å². The summed E-state index contributed by atoms with van der Waals surface area (Å²) in [7, 11) is 0. The normalized spacial score (nSPS) is 14.2. The van der Waals surface area contributed by atoms with E-state index in [-0.39, 0.29) is 28.1 Å². The van der Waals surface area contributed by atoms with E-state index in [1.807, 2.05) is 24.3 Å². The number of halogens is 2. The average Bonchev–Trinajstić information content (AvgIpc) is 3.05. The highest BCUT2D eigenvalue weighted by atomic mass is 32.2. The number of nitrogens with zero attached hydrogens (tertiary/aromatic N) is 1. The van der Waals surface area contributed by atoms with Gasteiger partial charge in [-0.25, -0.2) is 4.79 Å². The molecule has 2 aromatic rings. The molecule has 3 rings (SSSR count). The fourth-order valence-corrected chi connectivity index (χ4v) is 3.52. The van der Waals surface area contributed by atoms with Crippen LogP contribution in [-0.4, -0.2) is 30.3 Å². The number of carbonyl (C=O) groups excluding carboxylic acids is 2. The first kappa shape index (κ1) is 18.4. The van der Waals surface area contributed by atoms with Gasteiger partial charge in [0.2, 0.25) is 0 Å². The van der Waals surface area contributed by atoms with Gasteiger partial charge in [-0.2, -0.15) is 8.78 Å². The number of alkyl halides is 2. The van der Waals surface area contributed by atoms with Gasteiger partial charge in [-0.05, 0) is 37.1 Å². The molecule has 4 nitrogen and oxygen atoms in total. The molecule has 1 heterocycles. The zero-order valence-corrected chi connectivity index (χ0v) is 14.8. The van der Waals surface area contributed by atoms with Crippen molar-refractivity contribution in [1.29, 1.82) is 0 Å². The standard InChI is InChI=1S/C19H17F2NO3S/c1-12(17(23)22-11-10-13-6-2-4-8-15(13)22)25-18(24)14-7-3-5-9-16(14)26-19(20)21/h2-9,12,19H,10-11H2,1H3/t12-/m0/s1. The van der Waals surface area contributed by atoms with Crippen LogP contribution in [0.15, 0.2) is 53.4 Å². The van der Waals surface area contributed by atoms with Crippen LogP contribution in [-0.2, 0) is 16.0 Å². The Bertz CT molecular complexity index is 828. The highest BCUT2D eigenvalue weighted by Gasteiger charge is 2.30. The molecular weight excluding hydrogens is 360 g/mol. The number of rotatable bonds is 5. The molecule has 2 aromatic carbocycles. The summed E-state index contributed by atoms with van der Waals surface area (Å²) >= 11 is 0.275. The summed E-state index contributed by atoms with van der Waals surface area (Å²) in [6, 6.07) is 13.5. The monoisotopic (exact) mass is 377 g/mol. The number of amides is 1. The second-order valence-electron chi connectivity index (χ2n) is 5.79. The van der Waals surface area contributed by atoms with Crippen molar-refractivity contribution in [3.63, 3.8) is 0 Å². The summed E-state index contributed by atoms with van der Waals surface area (Å²) < 4.78 is 30.6.